The fourth-order valence-corrected chi connectivity index (χ4v) is 1.91. The molecular weight excluding hydrogens is 231 g/mol. The number of carbonyl (C=O) groups is 1. The number of benzene rings is 1. The highest BCUT2D eigenvalue weighted by molar-refractivity contribution is 6.09. The van der Waals surface area contributed by atoms with Gasteiger partial charge < -0.3 is 4.98 Å². The Bertz CT molecular complexity index is 569. The van der Waals surface area contributed by atoms with Gasteiger partial charge in [-0.25, -0.2) is 0 Å². The molecule has 0 saturated carbocycles. The zero-order valence-corrected chi connectivity index (χ0v) is 9.06. The average Bonchev–Trinajstić information content (AvgIpc) is 2.50. The van der Waals surface area contributed by atoms with E-state index >= 15 is 0 Å². The SMILES string of the molecule is Cc1[nH]c2ccccc2c1C(=O)CC(F)(F)F. The molecule has 0 radical (unpaired) electrons. The Hall–Kier alpha value is -1.78. The van der Waals surface area contributed by atoms with Crippen LogP contribution in [0.15, 0.2) is 24.3 Å². The minimum absolute atomic E-state index is 0.137. The molecule has 0 aliphatic carbocycles. The lowest BCUT2D eigenvalue weighted by Crippen LogP contribution is -2.15. The highest BCUT2D eigenvalue weighted by atomic mass is 19.4. The zero-order chi connectivity index (χ0) is 12.6. The summed E-state index contributed by atoms with van der Waals surface area (Å²) in [5.41, 5.74) is 1.29. The summed E-state index contributed by atoms with van der Waals surface area (Å²) in [7, 11) is 0. The van der Waals surface area contributed by atoms with E-state index in [0.717, 1.165) is 0 Å². The van der Waals surface area contributed by atoms with Crippen molar-refractivity contribution in [2.75, 3.05) is 0 Å². The number of nitrogens with one attached hydrogen (secondary N) is 1. The molecule has 1 aromatic heterocycles. The van der Waals surface area contributed by atoms with Crippen molar-refractivity contribution in [2.45, 2.75) is 19.5 Å². The molecule has 2 rings (SSSR count). The quantitative estimate of drug-likeness (QED) is 0.800. The second-order valence-electron chi connectivity index (χ2n) is 3.89. The Labute approximate surface area is 95.4 Å². The molecule has 0 aliphatic rings. The van der Waals surface area contributed by atoms with E-state index in [1.54, 1.807) is 31.2 Å². The number of fused-ring (bicyclic) bond motifs is 1. The van der Waals surface area contributed by atoms with Crippen molar-refractivity contribution in [1.82, 2.24) is 4.98 Å². The Kier molecular flexibility index (Phi) is 2.69. The lowest BCUT2D eigenvalue weighted by molar-refractivity contribution is -0.125. The molecule has 0 unspecified atom stereocenters. The van der Waals surface area contributed by atoms with Crippen molar-refractivity contribution in [1.29, 1.82) is 0 Å². The number of hydrogen-bond acceptors (Lipinski definition) is 1. The standard InChI is InChI=1S/C12H10F3NO/c1-7-11(10(17)6-12(13,14)15)8-4-2-3-5-9(8)16-7/h2-5,16H,6H2,1H3. The van der Waals surface area contributed by atoms with Crippen LogP contribution in [0.25, 0.3) is 10.9 Å². The second kappa shape index (κ2) is 3.91. The van der Waals surface area contributed by atoms with Gasteiger partial charge in [-0.3, -0.25) is 4.79 Å². The number of rotatable bonds is 2. The minimum Gasteiger partial charge on any atom is -0.358 e. The van der Waals surface area contributed by atoms with Crippen LogP contribution < -0.4 is 0 Å². The number of H-pyrrole nitrogens is 1. The molecule has 2 nitrogen and oxygen atoms in total. The molecule has 0 atom stereocenters. The summed E-state index contributed by atoms with van der Waals surface area (Å²) < 4.78 is 36.6. The van der Waals surface area contributed by atoms with Crippen molar-refractivity contribution in [3.05, 3.63) is 35.5 Å². The smallest absolute Gasteiger partial charge is 0.358 e. The molecular formula is C12H10F3NO. The first kappa shape index (κ1) is 11.7. The van der Waals surface area contributed by atoms with Crippen LogP contribution in [0.4, 0.5) is 13.2 Å². The van der Waals surface area contributed by atoms with Crippen LogP contribution in [0, 0.1) is 6.92 Å². The molecule has 0 spiro atoms. The Morgan fingerprint density at radius 2 is 1.94 bits per heavy atom. The van der Waals surface area contributed by atoms with Crippen LogP contribution in [-0.4, -0.2) is 16.9 Å². The number of alkyl halides is 3. The van der Waals surface area contributed by atoms with E-state index in [0.29, 0.717) is 16.6 Å². The first-order valence-corrected chi connectivity index (χ1v) is 5.06. The third kappa shape index (κ3) is 2.33. The van der Waals surface area contributed by atoms with E-state index in [9.17, 15) is 18.0 Å². The fraction of sp³-hybridized carbons (Fsp3) is 0.250. The summed E-state index contributed by atoms with van der Waals surface area (Å²) in [5.74, 6) is -0.896. The molecule has 0 fully saturated rings. The second-order valence-corrected chi connectivity index (χ2v) is 3.89. The van der Waals surface area contributed by atoms with E-state index in [1.807, 2.05) is 0 Å². The zero-order valence-electron chi connectivity index (χ0n) is 9.06. The molecule has 1 N–H and O–H groups in total. The number of halogens is 3. The molecule has 0 saturated heterocycles. The van der Waals surface area contributed by atoms with Crippen molar-refractivity contribution in [3.8, 4) is 0 Å². The number of para-hydroxylation sites is 1. The van der Waals surface area contributed by atoms with Crippen LogP contribution in [0.5, 0.6) is 0 Å². The Balaban J connectivity index is 2.48. The highest BCUT2D eigenvalue weighted by Gasteiger charge is 2.33. The lowest BCUT2D eigenvalue weighted by atomic mass is 10.0. The van der Waals surface area contributed by atoms with Crippen LogP contribution in [0.2, 0.25) is 0 Å². The molecule has 90 valence electrons. The molecule has 17 heavy (non-hydrogen) atoms. The Morgan fingerprint density at radius 1 is 1.29 bits per heavy atom. The number of hydrogen-bond donors (Lipinski definition) is 1. The molecule has 0 amide bonds. The monoisotopic (exact) mass is 241 g/mol. The number of ketones is 1. The summed E-state index contributed by atoms with van der Waals surface area (Å²) >= 11 is 0. The molecule has 0 aliphatic heterocycles. The maximum Gasteiger partial charge on any atom is 0.396 e. The van der Waals surface area contributed by atoms with Gasteiger partial charge in [0, 0.05) is 22.2 Å². The van der Waals surface area contributed by atoms with Crippen LogP contribution in [-0.2, 0) is 0 Å². The minimum atomic E-state index is -4.47. The van der Waals surface area contributed by atoms with Gasteiger partial charge in [0.25, 0.3) is 0 Å². The average molecular weight is 241 g/mol. The van der Waals surface area contributed by atoms with E-state index in [-0.39, 0.29) is 5.56 Å². The molecule has 1 aromatic carbocycles. The van der Waals surface area contributed by atoms with Crippen molar-refractivity contribution in [3.63, 3.8) is 0 Å². The highest BCUT2D eigenvalue weighted by Crippen LogP contribution is 2.27. The molecule has 5 heteroatoms. The summed E-state index contributed by atoms with van der Waals surface area (Å²) in [5, 5.41) is 0.541. The van der Waals surface area contributed by atoms with Crippen LogP contribution in [0.1, 0.15) is 22.5 Å². The number of aryl methyl sites for hydroxylation is 1. The number of Topliss-reactive ketones (excluding diaryl/α,β-unsaturated/α-hetero) is 1. The first-order chi connectivity index (χ1) is 7.88. The maximum atomic E-state index is 12.2. The normalized spacial score (nSPS) is 12.0. The third-order valence-electron chi connectivity index (χ3n) is 2.53. The van der Waals surface area contributed by atoms with Gasteiger partial charge in [0.2, 0.25) is 0 Å². The maximum absolute atomic E-state index is 12.2. The van der Waals surface area contributed by atoms with Gasteiger partial charge in [0.15, 0.2) is 5.78 Å². The number of aromatic nitrogens is 1. The number of aromatic amines is 1. The molecule has 2 aromatic rings. The van der Waals surface area contributed by atoms with Gasteiger partial charge in [-0.2, -0.15) is 13.2 Å². The van der Waals surface area contributed by atoms with Crippen LogP contribution >= 0.6 is 0 Å². The van der Waals surface area contributed by atoms with E-state index in [4.69, 9.17) is 0 Å². The summed E-state index contributed by atoms with van der Waals surface area (Å²) in [6.45, 7) is 1.60. The van der Waals surface area contributed by atoms with Gasteiger partial charge in [0.1, 0.15) is 6.42 Å². The van der Waals surface area contributed by atoms with Gasteiger partial charge in [-0.05, 0) is 13.0 Å². The van der Waals surface area contributed by atoms with Gasteiger partial charge in [0.05, 0.1) is 0 Å². The van der Waals surface area contributed by atoms with Gasteiger partial charge in [-0.1, -0.05) is 18.2 Å². The Morgan fingerprint density at radius 3 is 2.59 bits per heavy atom. The van der Waals surface area contributed by atoms with Gasteiger partial charge in [-0.15, -0.1) is 0 Å². The van der Waals surface area contributed by atoms with Crippen molar-refractivity contribution < 1.29 is 18.0 Å². The fourth-order valence-electron chi connectivity index (χ4n) is 1.91. The van der Waals surface area contributed by atoms with E-state index < -0.39 is 18.4 Å². The van der Waals surface area contributed by atoms with Crippen LogP contribution in [0.3, 0.4) is 0 Å². The first-order valence-electron chi connectivity index (χ1n) is 5.06. The summed E-state index contributed by atoms with van der Waals surface area (Å²) in [4.78, 5) is 14.5. The predicted octanol–water partition coefficient (Wildman–Crippen LogP) is 3.61. The van der Waals surface area contributed by atoms with E-state index in [2.05, 4.69) is 4.98 Å². The number of carbonyl (C=O) groups excluding carboxylic acids is 1. The van der Waals surface area contributed by atoms with Crippen molar-refractivity contribution >= 4 is 16.7 Å². The van der Waals surface area contributed by atoms with E-state index in [1.165, 1.54) is 0 Å². The topological polar surface area (TPSA) is 32.9 Å². The molecule has 0 bridgehead atoms. The lowest BCUT2D eigenvalue weighted by Gasteiger charge is -2.05. The predicted molar refractivity (Wildman–Crippen MR) is 58.0 cm³/mol. The summed E-state index contributed by atoms with van der Waals surface area (Å²) in [6, 6.07) is 6.82. The summed E-state index contributed by atoms with van der Waals surface area (Å²) in [6.07, 6.45) is -5.89. The largest absolute Gasteiger partial charge is 0.396 e. The van der Waals surface area contributed by atoms with Crippen molar-refractivity contribution in [2.24, 2.45) is 0 Å². The van der Waals surface area contributed by atoms with Gasteiger partial charge >= 0.3 is 6.18 Å². The third-order valence-corrected chi connectivity index (χ3v) is 2.53. The molecule has 1 heterocycles.